The molecule has 5 aromatic rings. The van der Waals surface area contributed by atoms with Gasteiger partial charge in [0.15, 0.2) is 17.5 Å². The molecule has 2 aromatic carbocycles. The number of nitrogens with one attached hydrogen (secondary N) is 3. The number of hydrogen-bond acceptors (Lipinski definition) is 14. The van der Waals surface area contributed by atoms with Crippen LogP contribution in [-0.2, 0) is 20.4 Å². The van der Waals surface area contributed by atoms with Gasteiger partial charge in [-0.05, 0) is 184 Å². The zero-order valence-corrected chi connectivity index (χ0v) is 48.2. The number of H-pyrrole nitrogens is 2. The minimum Gasteiger partial charge on any atom is -0.507 e. The lowest BCUT2D eigenvalue weighted by atomic mass is 9.50. The number of phenolic OH excluding ortho intramolecular Hbond substituents is 1. The van der Waals surface area contributed by atoms with Gasteiger partial charge in [0.1, 0.15) is 35.3 Å². The van der Waals surface area contributed by atoms with Crippen molar-refractivity contribution < 1.29 is 54.5 Å². The molecule has 8 bridgehead atoms. The van der Waals surface area contributed by atoms with Crippen LogP contribution < -0.4 is 10.1 Å². The minimum absolute atomic E-state index is 0.00642. The first-order valence-electron chi connectivity index (χ1n) is 32.1. The van der Waals surface area contributed by atoms with E-state index in [1.807, 2.05) is 6.33 Å². The number of phenols is 1. The summed E-state index contributed by atoms with van der Waals surface area (Å²) in [5.41, 5.74) is 1.73. The van der Waals surface area contributed by atoms with Crippen molar-refractivity contribution in [1.82, 2.24) is 19.9 Å². The van der Waals surface area contributed by atoms with Gasteiger partial charge in [0.25, 0.3) is 5.79 Å². The van der Waals surface area contributed by atoms with Crippen LogP contribution in [-0.4, -0.2) is 116 Å². The molecule has 12 atom stereocenters. The Kier molecular flexibility index (Phi) is 10.4. The highest BCUT2D eigenvalue weighted by Crippen LogP contribution is 2.77. The SMILES string of the molecule is Cc1cc(O)c2c(c1)C(=O)c1c(c3cc4c(nccc14)NC[C@H](O)[C@]14CC5(CCCC5)C[C@H]1c1cc([C@@]56CCCC[C@H]5CC5(CCC(=O)CC5)c5nc[nH]c56)[nH]c1C1=C[C@@]5(O3)O[C@@]3(C1=C4C[C@]1(CCC4(CCCC4)C1)[C@H]3O)[C@@H](O)[C@H](O)[C@H]5O)C2=O. The van der Waals surface area contributed by atoms with E-state index < -0.39 is 69.7 Å². The van der Waals surface area contributed by atoms with Gasteiger partial charge < -0.3 is 55.4 Å². The van der Waals surface area contributed by atoms with Gasteiger partial charge in [-0.15, -0.1) is 0 Å². The molecule has 19 rings (SSSR count). The molecule has 0 amide bonds. The monoisotopic (exact) mass is 1150 g/mol. The first-order chi connectivity index (χ1) is 40.9. The van der Waals surface area contributed by atoms with Crippen LogP contribution in [0.3, 0.4) is 0 Å². The molecule has 0 unspecified atom stereocenters. The molecule has 7 fully saturated rings. The molecule has 4 aliphatic heterocycles. The second-order valence-electron chi connectivity index (χ2n) is 29.7. The Labute approximate surface area is 492 Å². The van der Waals surface area contributed by atoms with Crippen molar-refractivity contribution in [3.8, 4) is 11.5 Å². The largest absolute Gasteiger partial charge is 0.507 e. The van der Waals surface area contributed by atoms with E-state index in [0.29, 0.717) is 83.3 Å². The molecule has 3 aromatic heterocycles. The molecule has 442 valence electrons. The number of aromatic amines is 2. The van der Waals surface area contributed by atoms with Crippen LogP contribution in [0.4, 0.5) is 5.82 Å². The van der Waals surface area contributed by atoms with Gasteiger partial charge in [0.05, 0.1) is 46.5 Å². The van der Waals surface area contributed by atoms with E-state index in [1.165, 1.54) is 6.07 Å². The number of Topliss-reactive ketones (excluding diaryl/α,β-unsaturated/α-hetero) is 1. The van der Waals surface area contributed by atoms with Crippen molar-refractivity contribution in [2.24, 2.45) is 27.6 Å². The summed E-state index contributed by atoms with van der Waals surface area (Å²) in [5, 5.41) is 84.5. The number of nitrogens with zero attached hydrogens (tertiary/aromatic N) is 2. The Hall–Kier alpha value is -6.01. The number of carbonyl (C=O) groups is 3. The molecule has 14 aliphatic rings. The first kappa shape index (κ1) is 52.1. The number of aliphatic hydroxyl groups excluding tert-OH is 5. The number of aromatic nitrogens is 4. The highest BCUT2D eigenvalue weighted by Gasteiger charge is 2.77. The van der Waals surface area contributed by atoms with E-state index in [0.717, 1.165) is 137 Å². The maximum Gasteiger partial charge on any atom is 0.261 e. The molecule has 6 saturated carbocycles. The van der Waals surface area contributed by atoms with Crippen LogP contribution in [0.25, 0.3) is 16.3 Å². The zero-order chi connectivity index (χ0) is 57.7. The predicted octanol–water partition coefficient (Wildman–Crippen LogP) is 9.38. The number of benzene rings is 2. The topological polar surface area (TPSA) is 260 Å². The number of rotatable bonds is 1. The van der Waals surface area contributed by atoms with Gasteiger partial charge in [-0.25, -0.2) is 9.97 Å². The molecular weight excluding hydrogens is 1070 g/mol. The van der Waals surface area contributed by atoms with Crippen molar-refractivity contribution in [2.45, 2.75) is 213 Å². The predicted molar refractivity (Wildman–Crippen MR) is 311 cm³/mol. The quantitative estimate of drug-likeness (QED) is 0.0743. The van der Waals surface area contributed by atoms with Gasteiger partial charge in [-0.2, -0.15) is 0 Å². The van der Waals surface area contributed by atoms with Crippen LogP contribution in [0, 0.1) is 34.5 Å². The maximum absolute atomic E-state index is 15.5. The van der Waals surface area contributed by atoms with Crippen molar-refractivity contribution in [3.63, 3.8) is 0 Å². The molecule has 16 heteroatoms. The fourth-order valence-corrected chi connectivity index (χ4v) is 22.4. The molecule has 1 saturated heterocycles. The second-order valence-corrected chi connectivity index (χ2v) is 29.7. The number of anilines is 1. The fraction of sp³-hybridized carbons (Fsp3) is 0.580. The highest BCUT2D eigenvalue weighted by atomic mass is 16.7. The Balaban J connectivity index is 0.954. The number of aromatic hydroxyl groups is 1. The molecule has 7 heterocycles. The lowest BCUT2D eigenvalue weighted by Crippen LogP contribution is -2.79. The van der Waals surface area contributed by atoms with E-state index >= 15 is 9.59 Å². The smallest absolute Gasteiger partial charge is 0.261 e. The minimum atomic E-state index is -2.48. The number of carbonyl (C=O) groups excluding carboxylic acids is 3. The number of fused-ring (bicyclic) bond motifs is 11. The Morgan fingerprint density at radius 1 is 0.753 bits per heavy atom. The summed E-state index contributed by atoms with van der Waals surface area (Å²) < 4.78 is 15.1. The van der Waals surface area contributed by atoms with E-state index in [2.05, 4.69) is 21.4 Å². The molecular formula is C69H75N5O11. The number of imidazole rings is 1. The van der Waals surface area contributed by atoms with Crippen LogP contribution in [0.2, 0.25) is 0 Å². The van der Waals surface area contributed by atoms with Crippen LogP contribution >= 0.6 is 0 Å². The molecule has 85 heavy (non-hydrogen) atoms. The van der Waals surface area contributed by atoms with E-state index in [9.17, 15) is 35.4 Å². The van der Waals surface area contributed by atoms with Gasteiger partial charge in [0.2, 0.25) is 5.78 Å². The van der Waals surface area contributed by atoms with E-state index in [1.54, 1.807) is 37.4 Å². The highest BCUT2D eigenvalue weighted by molar-refractivity contribution is 6.34. The summed E-state index contributed by atoms with van der Waals surface area (Å²) in [7, 11) is 0. The van der Waals surface area contributed by atoms with Gasteiger partial charge in [-0.1, -0.05) is 44.1 Å². The average molecular weight is 1150 g/mol. The third-order valence-electron chi connectivity index (χ3n) is 25.9. The average Bonchev–Trinajstić information content (AvgIpc) is 1.62. The van der Waals surface area contributed by atoms with Crippen molar-refractivity contribution in [3.05, 3.63) is 116 Å². The second kappa shape index (κ2) is 17.0. The van der Waals surface area contributed by atoms with Crippen molar-refractivity contribution in [1.29, 1.82) is 0 Å². The summed E-state index contributed by atoms with van der Waals surface area (Å²) in [6, 6.07) is 8.68. The summed E-state index contributed by atoms with van der Waals surface area (Å²) in [4.78, 5) is 61.9. The first-order valence-corrected chi connectivity index (χ1v) is 32.1. The van der Waals surface area contributed by atoms with Crippen LogP contribution in [0.1, 0.15) is 219 Å². The maximum atomic E-state index is 15.5. The normalized spacial score (nSPS) is 38.3. The van der Waals surface area contributed by atoms with E-state index in [4.69, 9.17) is 19.4 Å². The molecule has 16 nitrogen and oxygen atoms in total. The summed E-state index contributed by atoms with van der Waals surface area (Å²) in [6.45, 7) is 1.74. The number of aryl methyl sites for hydroxylation is 1. The Morgan fingerprint density at radius 3 is 2.33 bits per heavy atom. The summed E-state index contributed by atoms with van der Waals surface area (Å²) >= 11 is 0. The van der Waals surface area contributed by atoms with Crippen molar-refractivity contribution in [2.75, 3.05) is 11.9 Å². The van der Waals surface area contributed by atoms with Crippen molar-refractivity contribution >= 4 is 39.5 Å². The standard InChI is InChI=1S/C69H75N5O11/c1-34-22-40-48(44(76)23-34)54(79)50-45-24-38-37(49(50)53(40)78)11-21-70-60(38)71-30-47(77)67-32-63(14-6-7-15-63)28-42(67)39-25-46(66-16-3-2-8-35(66)26-64(17-9-36(75)10-18-64)56-57(66)73-33-72-56)74-52(39)41-27-68(84-45)58(81)55(80)59(82)69(85-68)51(41)43(67)29-65(61(69)83)20-19-62(31-65)12-4-5-13-62/h11,21-25,27,33,35,42,47,55,58-59,61,74,76-77,80-83H,2-10,12-20,26,28-32H2,1H3,(H,70,71)(H,72,73)/t35-,42-,47-,55+,58+,59-,61+,65-,66+,67+,68+,69-/m0/s1. The van der Waals surface area contributed by atoms with Gasteiger partial charge in [-0.3, -0.25) is 14.4 Å². The molecule has 0 radical (unpaired) electrons. The van der Waals surface area contributed by atoms with Crippen LogP contribution in [0.15, 0.2) is 60.1 Å². The van der Waals surface area contributed by atoms with Crippen LogP contribution in [0.5, 0.6) is 11.5 Å². The molecule has 9 N–H and O–H groups in total. The zero-order valence-electron chi connectivity index (χ0n) is 48.2. The van der Waals surface area contributed by atoms with E-state index in [-0.39, 0.29) is 68.4 Å². The Bertz CT molecular complexity index is 3910. The number of ether oxygens (including phenoxy) is 2. The van der Waals surface area contributed by atoms with Gasteiger partial charge >= 0.3 is 0 Å². The molecule has 7 spiro atoms. The molecule has 10 aliphatic carbocycles. The third-order valence-corrected chi connectivity index (χ3v) is 25.9. The lowest BCUT2D eigenvalue weighted by molar-refractivity contribution is -0.366. The number of hydrogen-bond donors (Lipinski definition) is 9. The summed E-state index contributed by atoms with van der Waals surface area (Å²) in [5.74, 6) is -3.84. The number of aliphatic hydroxyl groups is 5. The Morgan fingerprint density at radius 2 is 1.53 bits per heavy atom. The third kappa shape index (κ3) is 6.32. The number of ketones is 3. The lowest BCUT2D eigenvalue weighted by Gasteiger charge is -2.64. The van der Waals surface area contributed by atoms with Gasteiger partial charge in [0, 0.05) is 75.3 Å². The fourth-order valence-electron chi connectivity index (χ4n) is 22.4. The number of pyridine rings is 1. The summed E-state index contributed by atoms with van der Waals surface area (Å²) in [6.07, 6.45) is 16.0.